The molecule has 0 radical (unpaired) electrons. The Morgan fingerprint density at radius 1 is 0.966 bits per heavy atom. The average molecular weight is 395 g/mol. The van der Waals surface area contributed by atoms with Crippen LogP contribution in [0, 0.1) is 0 Å². The Labute approximate surface area is 170 Å². The second-order valence-electron chi connectivity index (χ2n) is 7.79. The van der Waals surface area contributed by atoms with E-state index in [1.54, 1.807) is 7.11 Å². The number of cyclic esters (lactones) is 2. The lowest BCUT2D eigenvalue weighted by Gasteiger charge is -2.30. The molecule has 0 saturated carbocycles. The summed E-state index contributed by atoms with van der Waals surface area (Å²) >= 11 is 0. The van der Waals surface area contributed by atoms with Crippen molar-refractivity contribution in [1.82, 2.24) is 0 Å². The minimum atomic E-state index is -1.27. The summed E-state index contributed by atoms with van der Waals surface area (Å²) in [5.41, 5.74) is 2.35. The topological polar surface area (TPSA) is 73.9 Å². The molecule has 2 aromatic rings. The molecule has 0 aromatic heterocycles. The zero-order chi connectivity index (χ0) is 21.2. The van der Waals surface area contributed by atoms with Gasteiger partial charge in [0.1, 0.15) is 5.75 Å². The number of rotatable bonds is 5. The Morgan fingerprint density at radius 3 is 2.17 bits per heavy atom. The van der Waals surface area contributed by atoms with Gasteiger partial charge in [-0.25, -0.2) is 9.59 Å². The largest absolute Gasteiger partial charge is 0.495 e. The average Bonchev–Trinajstić information content (AvgIpc) is 2.67. The van der Waals surface area contributed by atoms with Gasteiger partial charge in [0.05, 0.1) is 12.8 Å². The molecule has 6 heteroatoms. The molecule has 29 heavy (non-hydrogen) atoms. The molecule has 3 rings (SSSR count). The van der Waals surface area contributed by atoms with Crippen LogP contribution in [-0.4, -0.2) is 24.8 Å². The molecule has 152 valence electrons. The zero-order valence-electron chi connectivity index (χ0n) is 17.2. The van der Waals surface area contributed by atoms with Crippen LogP contribution in [0.4, 0.5) is 5.69 Å². The smallest absolute Gasteiger partial charge is 0.350 e. The fraction of sp³-hybridized carbons (Fsp3) is 0.304. The lowest BCUT2D eigenvalue weighted by atomic mass is 9.78. The predicted octanol–water partition coefficient (Wildman–Crippen LogP) is 4.15. The third-order valence-corrected chi connectivity index (χ3v) is 4.91. The number of carbonyl (C=O) groups is 2. The third-order valence-electron chi connectivity index (χ3n) is 4.91. The number of anilines is 1. The van der Waals surface area contributed by atoms with Crippen molar-refractivity contribution in [3.8, 4) is 5.75 Å². The van der Waals surface area contributed by atoms with Crippen molar-refractivity contribution in [2.75, 3.05) is 12.4 Å². The van der Waals surface area contributed by atoms with E-state index >= 15 is 0 Å². The van der Waals surface area contributed by atoms with Crippen LogP contribution < -0.4 is 10.1 Å². The number of esters is 2. The van der Waals surface area contributed by atoms with Crippen LogP contribution in [-0.2, 0) is 24.5 Å². The second-order valence-corrected chi connectivity index (χ2v) is 7.79. The zero-order valence-corrected chi connectivity index (χ0v) is 17.2. The molecule has 0 amide bonds. The molecule has 6 nitrogen and oxygen atoms in total. The molecule has 0 bridgehead atoms. The summed E-state index contributed by atoms with van der Waals surface area (Å²) in [4.78, 5) is 24.3. The standard InChI is InChI=1S/C23H25NO5/c1-22(2,15-9-7-6-8-10-15)16-11-12-19(27-5)18(13-16)24-14-17-20(25)28-23(3,4)29-21(17)26/h6-14,24H,1-5H3. The van der Waals surface area contributed by atoms with E-state index in [1.165, 1.54) is 20.0 Å². The van der Waals surface area contributed by atoms with Gasteiger partial charge in [0, 0.05) is 25.5 Å². The molecule has 0 aliphatic carbocycles. The van der Waals surface area contributed by atoms with Crippen LogP contribution in [0.1, 0.15) is 38.8 Å². The van der Waals surface area contributed by atoms with E-state index in [4.69, 9.17) is 14.2 Å². The van der Waals surface area contributed by atoms with Crippen LogP contribution in [0.5, 0.6) is 5.75 Å². The first-order valence-electron chi connectivity index (χ1n) is 9.31. The molecule has 0 spiro atoms. The van der Waals surface area contributed by atoms with E-state index in [2.05, 4.69) is 31.3 Å². The molecule has 1 N–H and O–H groups in total. The summed E-state index contributed by atoms with van der Waals surface area (Å²) < 4.78 is 15.7. The molecule has 2 aromatic carbocycles. The number of hydrogen-bond donors (Lipinski definition) is 1. The molecule has 1 heterocycles. The maximum atomic E-state index is 12.1. The van der Waals surface area contributed by atoms with Crippen molar-refractivity contribution in [2.45, 2.75) is 38.9 Å². The third kappa shape index (κ3) is 4.26. The summed E-state index contributed by atoms with van der Waals surface area (Å²) in [6.07, 6.45) is 1.29. The molecule has 1 aliphatic heterocycles. The van der Waals surface area contributed by atoms with E-state index in [0.717, 1.165) is 11.1 Å². The molecule has 1 saturated heterocycles. The Bertz CT molecular complexity index is 938. The van der Waals surface area contributed by atoms with Crippen LogP contribution in [0.3, 0.4) is 0 Å². The minimum Gasteiger partial charge on any atom is -0.495 e. The Balaban J connectivity index is 1.93. The van der Waals surface area contributed by atoms with Crippen molar-refractivity contribution < 1.29 is 23.8 Å². The molecular formula is C23H25NO5. The van der Waals surface area contributed by atoms with Crippen LogP contribution in [0.25, 0.3) is 0 Å². The summed E-state index contributed by atoms with van der Waals surface area (Å²) in [6.45, 7) is 7.27. The highest BCUT2D eigenvalue weighted by Gasteiger charge is 2.39. The van der Waals surface area contributed by atoms with Crippen molar-refractivity contribution in [3.05, 3.63) is 71.4 Å². The van der Waals surface area contributed by atoms with Crippen molar-refractivity contribution >= 4 is 17.6 Å². The minimum absolute atomic E-state index is 0.209. The van der Waals surface area contributed by atoms with E-state index < -0.39 is 17.7 Å². The summed E-state index contributed by atoms with van der Waals surface area (Å²) in [5, 5.41) is 3.00. The van der Waals surface area contributed by atoms with Gasteiger partial charge < -0.3 is 19.5 Å². The van der Waals surface area contributed by atoms with E-state index in [0.29, 0.717) is 11.4 Å². The fourth-order valence-corrected chi connectivity index (χ4v) is 3.16. The number of hydrogen-bond acceptors (Lipinski definition) is 6. The fourth-order valence-electron chi connectivity index (χ4n) is 3.16. The lowest BCUT2D eigenvalue weighted by Crippen LogP contribution is -2.42. The lowest BCUT2D eigenvalue weighted by molar-refractivity contribution is -0.222. The highest BCUT2D eigenvalue weighted by molar-refractivity contribution is 6.15. The van der Waals surface area contributed by atoms with Crippen molar-refractivity contribution in [1.29, 1.82) is 0 Å². The van der Waals surface area contributed by atoms with E-state index in [-0.39, 0.29) is 11.0 Å². The highest BCUT2D eigenvalue weighted by atomic mass is 16.7. The van der Waals surface area contributed by atoms with Gasteiger partial charge in [0.2, 0.25) is 0 Å². The van der Waals surface area contributed by atoms with Gasteiger partial charge in [-0.3, -0.25) is 0 Å². The Kier molecular flexibility index (Phi) is 5.38. The van der Waals surface area contributed by atoms with Gasteiger partial charge in [-0.1, -0.05) is 50.2 Å². The molecule has 1 aliphatic rings. The summed E-state index contributed by atoms with van der Waals surface area (Å²) in [5.74, 6) is -2.17. The van der Waals surface area contributed by atoms with Crippen LogP contribution in [0.15, 0.2) is 60.3 Å². The van der Waals surface area contributed by atoms with Gasteiger partial charge >= 0.3 is 11.9 Å². The molecule has 1 fully saturated rings. The highest BCUT2D eigenvalue weighted by Crippen LogP contribution is 2.36. The number of ether oxygens (including phenoxy) is 3. The maximum Gasteiger partial charge on any atom is 0.350 e. The summed E-state index contributed by atoms with van der Waals surface area (Å²) in [7, 11) is 1.56. The summed E-state index contributed by atoms with van der Waals surface area (Å²) in [6, 6.07) is 15.9. The monoisotopic (exact) mass is 395 g/mol. The number of carbonyl (C=O) groups excluding carboxylic acids is 2. The number of benzene rings is 2. The quantitative estimate of drug-likeness (QED) is 0.466. The van der Waals surface area contributed by atoms with E-state index in [9.17, 15) is 9.59 Å². The Morgan fingerprint density at radius 2 is 1.59 bits per heavy atom. The van der Waals surface area contributed by atoms with Gasteiger partial charge in [0.25, 0.3) is 5.79 Å². The van der Waals surface area contributed by atoms with Crippen LogP contribution in [0.2, 0.25) is 0 Å². The molecule has 0 atom stereocenters. The van der Waals surface area contributed by atoms with Crippen molar-refractivity contribution in [2.24, 2.45) is 0 Å². The first kappa shape index (κ1) is 20.5. The van der Waals surface area contributed by atoms with Crippen LogP contribution >= 0.6 is 0 Å². The SMILES string of the molecule is COc1ccc(C(C)(C)c2ccccc2)cc1NC=C1C(=O)OC(C)(C)OC1=O. The first-order chi connectivity index (χ1) is 13.6. The normalized spacial score (nSPS) is 16.0. The van der Waals surface area contributed by atoms with Gasteiger partial charge in [-0.15, -0.1) is 0 Å². The van der Waals surface area contributed by atoms with Crippen molar-refractivity contribution in [3.63, 3.8) is 0 Å². The predicted molar refractivity (Wildman–Crippen MR) is 110 cm³/mol. The number of nitrogens with one attached hydrogen (secondary N) is 1. The number of methoxy groups -OCH3 is 1. The maximum absolute atomic E-state index is 12.1. The first-order valence-corrected chi connectivity index (χ1v) is 9.31. The van der Waals surface area contributed by atoms with Gasteiger partial charge in [-0.05, 0) is 23.3 Å². The molecular weight excluding hydrogens is 370 g/mol. The second kappa shape index (κ2) is 7.62. The van der Waals surface area contributed by atoms with Gasteiger partial charge in [0.15, 0.2) is 5.57 Å². The Hall–Kier alpha value is -3.28. The van der Waals surface area contributed by atoms with E-state index in [1.807, 2.05) is 36.4 Å². The van der Waals surface area contributed by atoms with Gasteiger partial charge in [-0.2, -0.15) is 0 Å². The molecule has 0 unspecified atom stereocenters.